The van der Waals surface area contributed by atoms with Crippen molar-refractivity contribution in [3.63, 3.8) is 0 Å². The molecule has 4 rings (SSSR count). The summed E-state index contributed by atoms with van der Waals surface area (Å²) >= 11 is 0. The normalized spacial score (nSPS) is 20.7. The number of allylic oxidation sites excluding steroid dienone is 2. The monoisotopic (exact) mass is 417 g/mol. The van der Waals surface area contributed by atoms with Gasteiger partial charge in [-0.3, -0.25) is 14.5 Å². The highest BCUT2D eigenvalue weighted by Crippen LogP contribution is 2.50. The molecule has 1 atom stereocenters. The summed E-state index contributed by atoms with van der Waals surface area (Å²) in [4.78, 5) is 29.0. The van der Waals surface area contributed by atoms with Crippen LogP contribution < -0.4 is 9.64 Å². The lowest BCUT2D eigenvalue weighted by Gasteiger charge is -2.43. The van der Waals surface area contributed by atoms with E-state index >= 15 is 0 Å². The molecule has 1 aliphatic heterocycles. The van der Waals surface area contributed by atoms with Crippen molar-refractivity contribution >= 4 is 17.4 Å². The second-order valence-electron chi connectivity index (χ2n) is 9.50. The number of benzene rings is 2. The molecule has 4 nitrogen and oxygen atoms in total. The molecule has 0 bridgehead atoms. The maximum atomic E-state index is 13.7. The molecule has 2 aliphatic rings. The molecule has 162 valence electrons. The second-order valence-corrected chi connectivity index (χ2v) is 9.50. The van der Waals surface area contributed by atoms with Gasteiger partial charge in [-0.2, -0.15) is 0 Å². The molecule has 0 saturated heterocycles. The van der Waals surface area contributed by atoms with Gasteiger partial charge in [-0.15, -0.1) is 0 Å². The molecule has 1 aliphatic carbocycles. The average Bonchev–Trinajstić information content (AvgIpc) is 2.69. The van der Waals surface area contributed by atoms with Crippen molar-refractivity contribution in [3.05, 3.63) is 70.4 Å². The van der Waals surface area contributed by atoms with E-state index in [1.807, 2.05) is 68.1 Å². The Kier molecular flexibility index (Phi) is 5.50. The fraction of sp³-hybridized carbons (Fsp3) is 0.407. The van der Waals surface area contributed by atoms with Crippen LogP contribution in [0.15, 0.2) is 53.7 Å². The van der Waals surface area contributed by atoms with Crippen LogP contribution in [0.1, 0.15) is 62.6 Å². The minimum absolute atomic E-state index is 0.0398. The van der Waals surface area contributed by atoms with Crippen LogP contribution in [0.2, 0.25) is 0 Å². The minimum atomic E-state index is -0.269. The maximum absolute atomic E-state index is 13.7. The molecule has 4 heteroatoms. The zero-order valence-corrected chi connectivity index (χ0v) is 19.1. The Morgan fingerprint density at radius 1 is 1.00 bits per heavy atom. The number of ketones is 1. The van der Waals surface area contributed by atoms with E-state index in [2.05, 4.69) is 13.8 Å². The number of Topliss-reactive ketones (excluding diaryl/α,β-unsaturated/α-hetero) is 1. The number of hydrogen-bond acceptors (Lipinski definition) is 3. The third-order valence-corrected chi connectivity index (χ3v) is 6.40. The summed E-state index contributed by atoms with van der Waals surface area (Å²) < 4.78 is 5.87. The topological polar surface area (TPSA) is 46.6 Å². The molecule has 0 radical (unpaired) electrons. The first kappa shape index (κ1) is 21.4. The number of anilines is 1. The van der Waals surface area contributed by atoms with Crippen molar-refractivity contribution in [2.75, 3.05) is 11.5 Å². The standard InChI is InChI=1S/C27H31NO3/c1-6-31-23-13-8-7-12-19(23)20-14-24(30)28(26-17(2)10-9-11-18(26)3)21-15-27(4,5)16-22(29)25(20)21/h7-13,20H,6,14-16H2,1-5H3. The SMILES string of the molecule is CCOc1ccccc1C1CC(=O)N(c2c(C)cccc2C)C2=C1C(=O)CC(C)(C)C2. The van der Waals surface area contributed by atoms with E-state index in [1.165, 1.54) is 0 Å². The van der Waals surface area contributed by atoms with Crippen molar-refractivity contribution in [2.45, 2.75) is 59.8 Å². The fourth-order valence-corrected chi connectivity index (χ4v) is 5.15. The van der Waals surface area contributed by atoms with Gasteiger partial charge in [-0.05, 0) is 49.8 Å². The van der Waals surface area contributed by atoms with Gasteiger partial charge < -0.3 is 4.74 Å². The fourth-order valence-electron chi connectivity index (χ4n) is 5.15. The zero-order valence-electron chi connectivity index (χ0n) is 19.1. The number of hydrogen-bond donors (Lipinski definition) is 0. The van der Waals surface area contributed by atoms with Crippen molar-refractivity contribution in [1.82, 2.24) is 0 Å². The molecular formula is C27H31NO3. The number of nitrogens with zero attached hydrogens (tertiary/aromatic N) is 1. The van der Waals surface area contributed by atoms with Crippen molar-refractivity contribution in [3.8, 4) is 5.75 Å². The van der Waals surface area contributed by atoms with E-state index in [4.69, 9.17) is 4.74 Å². The first-order valence-electron chi connectivity index (χ1n) is 11.1. The van der Waals surface area contributed by atoms with Gasteiger partial charge >= 0.3 is 0 Å². The molecule has 0 fully saturated rings. The number of ether oxygens (including phenoxy) is 1. The summed E-state index contributed by atoms with van der Waals surface area (Å²) in [5.74, 6) is 0.673. The number of aryl methyl sites for hydroxylation is 2. The van der Waals surface area contributed by atoms with Crippen molar-refractivity contribution in [2.24, 2.45) is 5.41 Å². The third-order valence-electron chi connectivity index (χ3n) is 6.40. The Labute approximate surface area is 184 Å². The van der Waals surface area contributed by atoms with Gasteiger partial charge in [0.2, 0.25) is 5.91 Å². The molecule has 2 aromatic carbocycles. The second kappa shape index (κ2) is 7.99. The van der Waals surface area contributed by atoms with Crippen LogP contribution in [0.4, 0.5) is 5.69 Å². The highest BCUT2D eigenvalue weighted by molar-refractivity contribution is 6.08. The summed E-state index contributed by atoms with van der Waals surface area (Å²) in [6.45, 7) is 10.8. The number of amides is 1. The predicted octanol–water partition coefficient (Wildman–Crippen LogP) is 5.87. The van der Waals surface area contributed by atoms with E-state index in [9.17, 15) is 9.59 Å². The Bertz CT molecular complexity index is 1060. The molecular weight excluding hydrogens is 386 g/mol. The number of rotatable bonds is 4. The lowest BCUT2D eigenvalue weighted by atomic mass is 9.69. The third kappa shape index (κ3) is 3.80. The molecule has 1 unspecified atom stereocenters. The quantitative estimate of drug-likeness (QED) is 0.625. The lowest BCUT2D eigenvalue weighted by Crippen LogP contribution is -2.44. The largest absolute Gasteiger partial charge is 0.494 e. The van der Waals surface area contributed by atoms with Gasteiger partial charge in [0.05, 0.1) is 12.3 Å². The van der Waals surface area contributed by atoms with Crippen molar-refractivity contribution < 1.29 is 14.3 Å². The number of carbonyl (C=O) groups is 2. The molecule has 1 heterocycles. The molecule has 1 amide bonds. The van der Waals surface area contributed by atoms with Crippen LogP contribution >= 0.6 is 0 Å². The molecule has 0 aromatic heterocycles. The van der Waals surface area contributed by atoms with E-state index in [0.29, 0.717) is 19.4 Å². The molecule has 31 heavy (non-hydrogen) atoms. The Hall–Kier alpha value is -2.88. The Morgan fingerprint density at radius 2 is 1.68 bits per heavy atom. The first-order chi connectivity index (χ1) is 14.7. The molecule has 0 spiro atoms. The summed E-state index contributed by atoms with van der Waals surface area (Å²) in [7, 11) is 0. The highest BCUT2D eigenvalue weighted by atomic mass is 16.5. The highest BCUT2D eigenvalue weighted by Gasteiger charge is 2.45. The van der Waals surface area contributed by atoms with Crippen molar-refractivity contribution in [1.29, 1.82) is 0 Å². The van der Waals surface area contributed by atoms with Crippen LogP contribution in [-0.2, 0) is 9.59 Å². The van der Waals surface area contributed by atoms with Gasteiger partial charge in [0.15, 0.2) is 5.78 Å². The summed E-state index contributed by atoms with van der Waals surface area (Å²) in [5, 5.41) is 0. The van der Waals surface area contributed by atoms with Gasteiger partial charge in [0.25, 0.3) is 0 Å². The first-order valence-corrected chi connectivity index (χ1v) is 11.1. The molecule has 2 aromatic rings. The Morgan fingerprint density at radius 3 is 2.35 bits per heavy atom. The van der Waals surface area contributed by atoms with E-state index < -0.39 is 0 Å². The van der Waals surface area contributed by atoms with Gasteiger partial charge in [-0.25, -0.2) is 0 Å². The Balaban J connectivity index is 1.95. The summed E-state index contributed by atoms with van der Waals surface area (Å²) in [5.41, 5.74) is 5.40. The van der Waals surface area contributed by atoms with E-state index in [-0.39, 0.29) is 29.4 Å². The molecule has 0 N–H and O–H groups in total. The van der Waals surface area contributed by atoms with Crippen LogP contribution in [0.25, 0.3) is 0 Å². The minimum Gasteiger partial charge on any atom is -0.494 e. The molecule has 0 saturated carbocycles. The van der Waals surface area contributed by atoms with E-state index in [0.717, 1.165) is 39.4 Å². The summed E-state index contributed by atoms with van der Waals surface area (Å²) in [6.07, 6.45) is 1.46. The van der Waals surface area contributed by atoms with Crippen LogP contribution in [-0.4, -0.2) is 18.3 Å². The summed E-state index contributed by atoms with van der Waals surface area (Å²) in [6, 6.07) is 13.9. The predicted molar refractivity (Wildman–Crippen MR) is 123 cm³/mol. The van der Waals surface area contributed by atoms with Gasteiger partial charge in [0, 0.05) is 35.6 Å². The lowest BCUT2D eigenvalue weighted by molar-refractivity contribution is -0.121. The van der Waals surface area contributed by atoms with Gasteiger partial charge in [0.1, 0.15) is 5.75 Å². The van der Waals surface area contributed by atoms with E-state index in [1.54, 1.807) is 0 Å². The van der Waals surface area contributed by atoms with Crippen LogP contribution in [0, 0.1) is 19.3 Å². The van der Waals surface area contributed by atoms with Crippen LogP contribution in [0.5, 0.6) is 5.75 Å². The smallest absolute Gasteiger partial charge is 0.232 e. The number of para-hydroxylation sites is 2. The number of carbonyl (C=O) groups excluding carboxylic acids is 2. The maximum Gasteiger partial charge on any atom is 0.232 e. The van der Waals surface area contributed by atoms with Crippen LogP contribution in [0.3, 0.4) is 0 Å². The zero-order chi connectivity index (χ0) is 22.3. The van der Waals surface area contributed by atoms with Gasteiger partial charge in [-0.1, -0.05) is 50.2 Å². The average molecular weight is 418 g/mol.